The molecule has 0 N–H and O–H groups in total. The highest BCUT2D eigenvalue weighted by Gasteiger charge is 2.17. The Hall–Kier alpha value is -0.640. The van der Waals surface area contributed by atoms with E-state index in [4.69, 9.17) is 0 Å². The van der Waals surface area contributed by atoms with Gasteiger partial charge in [0.15, 0.2) is 0 Å². The zero-order valence-corrected chi connectivity index (χ0v) is 7.17. The topological polar surface area (TPSA) is 61.8 Å². The minimum Gasteiger partial charge on any atom is -0.310 e. The largest absolute Gasteiger partial charge is 0.366 e. The van der Waals surface area contributed by atoms with Crippen LogP contribution in [0.3, 0.4) is 0 Å². The lowest BCUT2D eigenvalue weighted by atomic mass is 10.7. The zero-order valence-electron chi connectivity index (χ0n) is 6.27. The summed E-state index contributed by atoms with van der Waals surface area (Å²) in [4.78, 5) is 14.3. The molecule has 1 unspecified atom stereocenters. The van der Waals surface area contributed by atoms with Gasteiger partial charge in [0.25, 0.3) is 0 Å². The van der Waals surface area contributed by atoms with Gasteiger partial charge < -0.3 is 4.52 Å². The van der Waals surface area contributed by atoms with Gasteiger partial charge in [0, 0.05) is 19.9 Å². The summed E-state index contributed by atoms with van der Waals surface area (Å²) < 4.78 is 19.3. The monoisotopic (exact) mass is 180 g/mol. The summed E-state index contributed by atoms with van der Waals surface area (Å²) in [5, 5.41) is 0. The van der Waals surface area contributed by atoms with Crippen molar-refractivity contribution in [3.05, 3.63) is 12.7 Å². The van der Waals surface area contributed by atoms with Gasteiger partial charge in [-0.15, -0.1) is 0 Å². The van der Waals surface area contributed by atoms with Crippen LogP contribution in [-0.2, 0) is 23.4 Å². The molecule has 0 aliphatic carbocycles. The third-order valence-electron chi connectivity index (χ3n) is 0.753. The van der Waals surface area contributed by atoms with Crippen molar-refractivity contribution >= 4 is 13.6 Å². The zero-order chi connectivity index (χ0) is 8.91. The second kappa shape index (κ2) is 4.28. The van der Waals surface area contributed by atoms with Crippen LogP contribution in [0.15, 0.2) is 12.7 Å². The Morgan fingerprint density at radius 1 is 1.64 bits per heavy atom. The molecule has 0 fully saturated rings. The molecule has 1 atom stereocenters. The Labute approximate surface area is 64.4 Å². The second-order valence-electron chi connectivity index (χ2n) is 1.63. The van der Waals surface area contributed by atoms with Crippen molar-refractivity contribution < 1.29 is 23.4 Å². The van der Waals surface area contributed by atoms with Gasteiger partial charge in [-0.2, -0.15) is 0 Å². The quantitative estimate of drug-likeness (QED) is 0.280. The average molecular weight is 180 g/mol. The highest BCUT2D eigenvalue weighted by atomic mass is 31.2. The van der Waals surface area contributed by atoms with Crippen molar-refractivity contribution in [1.29, 1.82) is 0 Å². The van der Waals surface area contributed by atoms with E-state index in [-0.39, 0.29) is 0 Å². The Bertz CT molecular complexity index is 199. The van der Waals surface area contributed by atoms with Crippen molar-refractivity contribution in [3.63, 3.8) is 0 Å². The molecule has 0 aliphatic rings. The lowest BCUT2D eigenvalue weighted by Crippen LogP contribution is -2.00. The van der Waals surface area contributed by atoms with Crippen LogP contribution in [0.1, 0.15) is 0 Å². The summed E-state index contributed by atoms with van der Waals surface area (Å²) >= 11 is 0. The standard InChI is InChI=1S/C5H9O5P/c1-4-5(6)9-10-11(3,7)8-2/h4H,1H2,2-3H3. The van der Waals surface area contributed by atoms with E-state index in [9.17, 15) is 9.36 Å². The lowest BCUT2D eigenvalue weighted by molar-refractivity contribution is -0.210. The number of hydrogen-bond acceptors (Lipinski definition) is 5. The van der Waals surface area contributed by atoms with Crippen LogP contribution in [0.25, 0.3) is 0 Å². The second-order valence-corrected chi connectivity index (χ2v) is 3.69. The van der Waals surface area contributed by atoms with Crippen LogP contribution >= 0.6 is 7.60 Å². The van der Waals surface area contributed by atoms with Gasteiger partial charge in [-0.3, -0.25) is 9.45 Å². The summed E-state index contributed by atoms with van der Waals surface area (Å²) in [6.45, 7) is 4.27. The van der Waals surface area contributed by atoms with E-state index in [1.165, 1.54) is 13.8 Å². The normalized spacial score (nSPS) is 15.1. The summed E-state index contributed by atoms with van der Waals surface area (Å²) in [5.41, 5.74) is 0. The van der Waals surface area contributed by atoms with E-state index >= 15 is 0 Å². The first-order valence-corrected chi connectivity index (χ1v) is 4.66. The molecule has 0 aromatic rings. The fourth-order valence-electron chi connectivity index (χ4n) is 0.169. The average Bonchev–Trinajstić information content (AvgIpc) is 2.00. The van der Waals surface area contributed by atoms with E-state index in [2.05, 4.69) is 20.7 Å². The molecule has 5 nitrogen and oxygen atoms in total. The van der Waals surface area contributed by atoms with Gasteiger partial charge in [0.1, 0.15) is 0 Å². The van der Waals surface area contributed by atoms with Crippen molar-refractivity contribution in [3.8, 4) is 0 Å². The molecule has 0 saturated heterocycles. The van der Waals surface area contributed by atoms with Crippen molar-refractivity contribution in [2.45, 2.75) is 0 Å². The van der Waals surface area contributed by atoms with Gasteiger partial charge in [0.2, 0.25) is 0 Å². The van der Waals surface area contributed by atoms with Crippen LogP contribution in [0, 0.1) is 0 Å². The molecule has 0 amide bonds. The minimum atomic E-state index is -3.23. The number of carbonyl (C=O) groups is 1. The molecule has 0 aliphatic heterocycles. The Kier molecular flexibility index (Phi) is 4.03. The van der Waals surface area contributed by atoms with Crippen LogP contribution in [0.5, 0.6) is 0 Å². The maximum atomic E-state index is 10.8. The van der Waals surface area contributed by atoms with E-state index in [1.807, 2.05) is 0 Å². The van der Waals surface area contributed by atoms with Gasteiger partial charge in [-0.05, 0) is 0 Å². The smallest absolute Gasteiger partial charge is 0.310 e. The molecule has 11 heavy (non-hydrogen) atoms. The fraction of sp³-hybridized carbons (Fsp3) is 0.400. The predicted octanol–water partition coefficient (Wildman–Crippen LogP) is 1.12. The number of rotatable bonds is 4. The first-order valence-electron chi connectivity index (χ1n) is 2.68. The molecule has 6 heteroatoms. The molecule has 0 rings (SSSR count). The minimum absolute atomic E-state index is 0.816. The first-order chi connectivity index (χ1) is 5.02. The third kappa shape index (κ3) is 4.72. The van der Waals surface area contributed by atoms with Gasteiger partial charge in [0.05, 0.1) is 0 Å². The highest BCUT2D eigenvalue weighted by Crippen LogP contribution is 2.42. The maximum Gasteiger partial charge on any atom is 0.366 e. The Morgan fingerprint density at radius 2 is 2.18 bits per heavy atom. The van der Waals surface area contributed by atoms with Crippen LogP contribution < -0.4 is 0 Å². The van der Waals surface area contributed by atoms with Crippen LogP contribution in [-0.4, -0.2) is 19.7 Å². The van der Waals surface area contributed by atoms with Gasteiger partial charge in [-0.1, -0.05) is 11.3 Å². The van der Waals surface area contributed by atoms with Crippen LogP contribution in [0.2, 0.25) is 0 Å². The highest BCUT2D eigenvalue weighted by molar-refractivity contribution is 7.52. The molecular weight excluding hydrogens is 171 g/mol. The maximum absolute atomic E-state index is 10.8. The molecule has 64 valence electrons. The Morgan fingerprint density at radius 3 is 2.55 bits per heavy atom. The predicted molar refractivity (Wildman–Crippen MR) is 37.9 cm³/mol. The molecule has 0 bridgehead atoms. The molecular formula is C5H9O5P. The molecule has 0 aromatic carbocycles. The molecule has 0 heterocycles. The summed E-state index contributed by atoms with van der Waals surface area (Å²) in [6.07, 6.45) is 0.885. The van der Waals surface area contributed by atoms with E-state index in [0.717, 1.165) is 6.08 Å². The van der Waals surface area contributed by atoms with E-state index in [1.54, 1.807) is 0 Å². The van der Waals surface area contributed by atoms with Gasteiger partial charge in [-0.25, -0.2) is 4.79 Å². The molecule has 0 saturated carbocycles. The lowest BCUT2D eigenvalue weighted by Gasteiger charge is -2.07. The van der Waals surface area contributed by atoms with Crippen molar-refractivity contribution in [2.24, 2.45) is 0 Å². The Balaban J connectivity index is 3.79. The van der Waals surface area contributed by atoms with Crippen molar-refractivity contribution in [2.75, 3.05) is 13.8 Å². The van der Waals surface area contributed by atoms with Crippen LogP contribution in [0.4, 0.5) is 0 Å². The summed E-state index contributed by atoms with van der Waals surface area (Å²) in [6, 6.07) is 0. The molecule has 0 spiro atoms. The third-order valence-corrected chi connectivity index (χ3v) is 1.76. The molecule has 0 aromatic heterocycles. The van der Waals surface area contributed by atoms with E-state index in [0.29, 0.717) is 0 Å². The SMILES string of the molecule is C=CC(=O)OOP(C)(=O)OC. The first kappa shape index (κ1) is 10.4. The van der Waals surface area contributed by atoms with Crippen molar-refractivity contribution in [1.82, 2.24) is 0 Å². The number of hydrogen-bond donors (Lipinski definition) is 0. The summed E-state index contributed by atoms with van der Waals surface area (Å²) in [5.74, 6) is -0.816. The number of carbonyl (C=O) groups excluding carboxylic acids is 1. The molecule has 0 radical (unpaired) electrons. The summed E-state index contributed by atoms with van der Waals surface area (Å²) in [7, 11) is -2.05. The van der Waals surface area contributed by atoms with E-state index < -0.39 is 13.6 Å². The van der Waals surface area contributed by atoms with Gasteiger partial charge >= 0.3 is 13.6 Å². The fourth-order valence-corrected chi connectivity index (χ4v) is 0.439.